The lowest BCUT2D eigenvalue weighted by atomic mass is 9.89. The topological polar surface area (TPSA) is 18.5 Å². The highest BCUT2D eigenvalue weighted by atomic mass is 16.5. The number of hydrogen-bond donors (Lipinski definition) is 0. The minimum Gasteiger partial charge on any atom is -0.494 e. The Kier molecular flexibility index (Phi) is 7.38. The van der Waals surface area contributed by atoms with E-state index in [9.17, 15) is 0 Å². The third kappa shape index (κ3) is 6.23. The second-order valence-electron chi connectivity index (χ2n) is 7.57. The van der Waals surface area contributed by atoms with Gasteiger partial charge in [-0.25, -0.2) is 0 Å². The van der Waals surface area contributed by atoms with Crippen molar-refractivity contribution in [2.75, 3.05) is 13.2 Å². The Hall–Kier alpha value is -3.52. The van der Waals surface area contributed by atoms with E-state index in [1.807, 2.05) is 36.4 Å². The predicted molar refractivity (Wildman–Crippen MR) is 127 cm³/mol. The molecular formula is C29H28O2. The summed E-state index contributed by atoms with van der Waals surface area (Å²) in [5, 5.41) is 0. The average molecular weight is 409 g/mol. The summed E-state index contributed by atoms with van der Waals surface area (Å²) in [5.74, 6) is 2.10. The fourth-order valence-corrected chi connectivity index (χ4v) is 3.75. The van der Waals surface area contributed by atoms with Crippen LogP contribution in [-0.4, -0.2) is 13.2 Å². The molecule has 0 fully saturated rings. The van der Waals surface area contributed by atoms with Crippen LogP contribution in [-0.2, 0) is 6.42 Å². The van der Waals surface area contributed by atoms with E-state index in [1.54, 1.807) is 0 Å². The molecule has 0 bridgehead atoms. The third-order valence-electron chi connectivity index (χ3n) is 5.41. The van der Waals surface area contributed by atoms with Crippen LogP contribution in [0, 0.1) is 0 Å². The molecule has 2 heteroatoms. The Morgan fingerprint density at radius 1 is 0.484 bits per heavy atom. The second kappa shape index (κ2) is 11.0. The first-order valence-corrected chi connectivity index (χ1v) is 10.9. The number of hydrogen-bond acceptors (Lipinski definition) is 2. The molecule has 4 aromatic carbocycles. The van der Waals surface area contributed by atoms with Gasteiger partial charge >= 0.3 is 0 Å². The zero-order valence-electron chi connectivity index (χ0n) is 17.7. The predicted octanol–water partition coefficient (Wildman–Crippen LogP) is 6.91. The van der Waals surface area contributed by atoms with Gasteiger partial charge in [0, 0.05) is 12.3 Å². The van der Waals surface area contributed by atoms with Gasteiger partial charge < -0.3 is 9.47 Å². The number of rotatable bonds is 10. The molecule has 0 aliphatic rings. The Balaban J connectivity index is 1.38. The highest BCUT2D eigenvalue weighted by Crippen LogP contribution is 2.29. The number of ether oxygens (including phenoxy) is 2. The van der Waals surface area contributed by atoms with E-state index in [2.05, 4.69) is 78.9 Å². The molecule has 0 aromatic heterocycles. The summed E-state index contributed by atoms with van der Waals surface area (Å²) in [6.07, 6.45) is 1.82. The fraction of sp³-hybridized carbons (Fsp3) is 0.172. The van der Waals surface area contributed by atoms with Gasteiger partial charge in [-0.2, -0.15) is 0 Å². The molecule has 4 aromatic rings. The zero-order chi connectivity index (χ0) is 21.1. The molecule has 0 N–H and O–H groups in total. The monoisotopic (exact) mass is 408 g/mol. The van der Waals surface area contributed by atoms with Crippen molar-refractivity contribution in [3.05, 3.63) is 132 Å². The van der Waals surface area contributed by atoms with Crippen molar-refractivity contribution in [1.29, 1.82) is 0 Å². The molecule has 0 heterocycles. The van der Waals surface area contributed by atoms with Crippen molar-refractivity contribution in [3.8, 4) is 11.5 Å². The molecule has 1 unspecified atom stereocenters. The molecular weight excluding hydrogens is 380 g/mol. The molecule has 156 valence electrons. The van der Waals surface area contributed by atoms with Gasteiger partial charge in [-0.05, 0) is 47.4 Å². The van der Waals surface area contributed by atoms with Crippen LogP contribution >= 0.6 is 0 Å². The molecule has 1 atom stereocenters. The Bertz CT molecular complexity index is 1010. The van der Waals surface area contributed by atoms with Gasteiger partial charge in [0.05, 0.1) is 13.2 Å². The van der Waals surface area contributed by atoms with E-state index in [0.29, 0.717) is 13.2 Å². The van der Waals surface area contributed by atoms with Gasteiger partial charge in [0.2, 0.25) is 0 Å². The lowest BCUT2D eigenvalue weighted by Crippen LogP contribution is -2.08. The maximum Gasteiger partial charge on any atom is 0.119 e. The molecule has 0 spiro atoms. The van der Waals surface area contributed by atoms with Crippen LogP contribution in [0.4, 0.5) is 0 Å². The summed E-state index contributed by atoms with van der Waals surface area (Å²) in [4.78, 5) is 0. The average Bonchev–Trinajstić information content (AvgIpc) is 2.84. The molecule has 0 amide bonds. The quantitative estimate of drug-likeness (QED) is 0.284. The third-order valence-corrected chi connectivity index (χ3v) is 5.41. The summed E-state index contributed by atoms with van der Waals surface area (Å²) in [5.41, 5.74) is 3.87. The first-order valence-electron chi connectivity index (χ1n) is 10.9. The van der Waals surface area contributed by atoms with Gasteiger partial charge in [0.1, 0.15) is 11.5 Å². The largest absolute Gasteiger partial charge is 0.494 e. The van der Waals surface area contributed by atoms with Crippen molar-refractivity contribution in [2.24, 2.45) is 0 Å². The van der Waals surface area contributed by atoms with E-state index in [1.165, 1.54) is 16.7 Å². The minimum atomic E-state index is 0.281. The van der Waals surface area contributed by atoms with Crippen LogP contribution < -0.4 is 9.47 Å². The molecule has 2 nitrogen and oxygen atoms in total. The van der Waals surface area contributed by atoms with Gasteiger partial charge in [-0.15, -0.1) is 0 Å². The summed E-state index contributed by atoms with van der Waals surface area (Å²) < 4.78 is 11.9. The molecule has 4 rings (SSSR count). The van der Waals surface area contributed by atoms with Crippen molar-refractivity contribution >= 4 is 0 Å². The summed E-state index contributed by atoms with van der Waals surface area (Å²) in [6.45, 7) is 1.34. The van der Waals surface area contributed by atoms with Crippen LogP contribution in [0.1, 0.15) is 29.0 Å². The highest BCUT2D eigenvalue weighted by molar-refractivity contribution is 5.36. The van der Waals surface area contributed by atoms with E-state index >= 15 is 0 Å². The first-order chi connectivity index (χ1) is 15.4. The summed E-state index contributed by atoms with van der Waals surface area (Å²) >= 11 is 0. The van der Waals surface area contributed by atoms with E-state index in [-0.39, 0.29) is 5.92 Å². The van der Waals surface area contributed by atoms with Crippen molar-refractivity contribution < 1.29 is 9.47 Å². The Morgan fingerprint density at radius 3 is 1.68 bits per heavy atom. The highest BCUT2D eigenvalue weighted by Gasteiger charge is 2.14. The van der Waals surface area contributed by atoms with Crippen molar-refractivity contribution in [2.45, 2.75) is 18.8 Å². The minimum absolute atomic E-state index is 0.281. The molecule has 0 saturated heterocycles. The van der Waals surface area contributed by atoms with Gasteiger partial charge in [-0.3, -0.25) is 0 Å². The fourth-order valence-electron chi connectivity index (χ4n) is 3.75. The van der Waals surface area contributed by atoms with E-state index < -0.39 is 0 Å². The van der Waals surface area contributed by atoms with Gasteiger partial charge in [0.25, 0.3) is 0 Å². The maximum atomic E-state index is 5.97. The second-order valence-corrected chi connectivity index (χ2v) is 7.57. The lowest BCUT2D eigenvalue weighted by Gasteiger charge is -2.19. The van der Waals surface area contributed by atoms with Crippen LogP contribution in [0.5, 0.6) is 11.5 Å². The Morgan fingerprint density at radius 2 is 1.00 bits per heavy atom. The van der Waals surface area contributed by atoms with Crippen LogP contribution in [0.2, 0.25) is 0 Å². The maximum absolute atomic E-state index is 5.97. The van der Waals surface area contributed by atoms with Crippen molar-refractivity contribution in [1.82, 2.24) is 0 Å². The van der Waals surface area contributed by atoms with Crippen LogP contribution in [0.25, 0.3) is 0 Å². The van der Waals surface area contributed by atoms with Crippen LogP contribution in [0.3, 0.4) is 0 Å². The smallest absolute Gasteiger partial charge is 0.119 e. The van der Waals surface area contributed by atoms with Gasteiger partial charge in [0.15, 0.2) is 0 Å². The van der Waals surface area contributed by atoms with E-state index in [4.69, 9.17) is 9.47 Å². The lowest BCUT2D eigenvalue weighted by molar-refractivity contribution is 0.303. The first kappa shape index (κ1) is 20.7. The molecule has 0 radical (unpaired) electrons. The normalized spacial score (nSPS) is 11.6. The SMILES string of the molecule is c1ccc(CCOc2ccc(C(CCOc3ccccc3)c3ccccc3)cc2)cc1. The summed E-state index contributed by atoms with van der Waals surface area (Å²) in [7, 11) is 0. The molecule has 0 aliphatic carbocycles. The molecule has 0 saturated carbocycles. The van der Waals surface area contributed by atoms with Crippen molar-refractivity contribution in [3.63, 3.8) is 0 Å². The Labute approximate surface area is 185 Å². The standard InChI is InChI=1S/C29H28O2/c1-4-10-24(11-5-1)20-22-30-28-18-16-26(17-19-28)29(25-12-6-2-7-13-25)21-23-31-27-14-8-3-9-15-27/h1-19,29H,20-23H2. The molecule has 0 aliphatic heterocycles. The van der Waals surface area contributed by atoms with Gasteiger partial charge in [-0.1, -0.05) is 91.0 Å². The van der Waals surface area contributed by atoms with E-state index in [0.717, 1.165) is 24.3 Å². The molecule has 31 heavy (non-hydrogen) atoms. The van der Waals surface area contributed by atoms with Crippen LogP contribution in [0.15, 0.2) is 115 Å². The number of para-hydroxylation sites is 1. The number of benzene rings is 4. The zero-order valence-corrected chi connectivity index (χ0v) is 17.7. The summed E-state index contributed by atoms with van der Waals surface area (Å²) in [6, 6.07) is 39.6.